The van der Waals surface area contributed by atoms with Crippen LogP contribution < -0.4 is 5.56 Å². The number of carbonyl (C=O) groups is 1. The predicted molar refractivity (Wildman–Crippen MR) is 82.0 cm³/mol. The summed E-state index contributed by atoms with van der Waals surface area (Å²) in [5, 5.41) is 44.8. The van der Waals surface area contributed by atoms with Crippen molar-refractivity contribution < 1.29 is 20.1 Å². The number of aromatic carboxylic acids is 1. The van der Waals surface area contributed by atoms with Crippen LogP contribution in [0.5, 0.6) is 11.6 Å². The molecule has 122 valence electrons. The summed E-state index contributed by atoms with van der Waals surface area (Å²) in [6, 6.07) is 5.32. The van der Waals surface area contributed by atoms with E-state index < -0.39 is 23.2 Å². The number of pyridine rings is 1. The molecule has 1 heterocycles. The minimum absolute atomic E-state index is 0.0956. The molecule has 0 saturated carbocycles. The van der Waals surface area contributed by atoms with Crippen LogP contribution in [0.1, 0.15) is 21.5 Å². The van der Waals surface area contributed by atoms with Gasteiger partial charge < -0.3 is 15.3 Å². The van der Waals surface area contributed by atoms with Gasteiger partial charge in [0.15, 0.2) is 5.69 Å². The van der Waals surface area contributed by atoms with E-state index in [-0.39, 0.29) is 28.1 Å². The van der Waals surface area contributed by atoms with E-state index in [9.17, 15) is 19.8 Å². The topological polar surface area (TPSA) is 148 Å². The standard InChI is InChI=1S/C15H12N4O5/c1-7-10(6-16)13(21)19(2)14(22)12(7)18-17-8-3-4-11(20)9(5-8)15(23)24/h3-5,20-21H,1-2H3,(H,23,24). The van der Waals surface area contributed by atoms with E-state index in [1.807, 2.05) is 0 Å². The Morgan fingerprint density at radius 3 is 2.54 bits per heavy atom. The van der Waals surface area contributed by atoms with Crippen molar-refractivity contribution in [1.82, 2.24) is 4.57 Å². The Kier molecular flexibility index (Phi) is 4.32. The van der Waals surface area contributed by atoms with Crippen LogP contribution in [0.15, 0.2) is 33.2 Å². The fourth-order valence-electron chi connectivity index (χ4n) is 1.99. The highest BCUT2D eigenvalue weighted by atomic mass is 16.4. The third-order valence-electron chi connectivity index (χ3n) is 3.37. The van der Waals surface area contributed by atoms with Crippen molar-refractivity contribution in [3.05, 3.63) is 45.2 Å². The Morgan fingerprint density at radius 1 is 1.29 bits per heavy atom. The van der Waals surface area contributed by atoms with Gasteiger partial charge in [-0.05, 0) is 25.1 Å². The zero-order valence-electron chi connectivity index (χ0n) is 12.7. The van der Waals surface area contributed by atoms with E-state index in [1.54, 1.807) is 6.07 Å². The third kappa shape index (κ3) is 2.80. The van der Waals surface area contributed by atoms with E-state index in [0.29, 0.717) is 0 Å². The number of azo groups is 1. The molecule has 24 heavy (non-hydrogen) atoms. The molecule has 3 N–H and O–H groups in total. The average Bonchev–Trinajstić information content (AvgIpc) is 2.54. The van der Waals surface area contributed by atoms with Crippen molar-refractivity contribution in [1.29, 1.82) is 5.26 Å². The highest BCUT2D eigenvalue weighted by Gasteiger charge is 2.17. The normalized spacial score (nSPS) is 10.7. The third-order valence-corrected chi connectivity index (χ3v) is 3.37. The first kappa shape index (κ1) is 16.7. The molecule has 0 amide bonds. The van der Waals surface area contributed by atoms with Crippen LogP contribution >= 0.6 is 0 Å². The second-order valence-corrected chi connectivity index (χ2v) is 4.85. The van der Waals surface area contributed by atoms with E-state index in [4.69, 9.17) is 10.4 Å². The van der Waals surface area contributed by atoms with Crippen LogP contribution in [0.25, 0.3) is 0 Å². The molecule has 1 aromatic heterocycles. The number of hydrogen-bond acceptors (Lipinski definition) is 7. The molecular weight excluding hydrogens is 316 g/mol. The number of carboxylic acids is 1. The Hall–Kier alpha value is -3.67. The number of hydrogen-bond donors (Lipinski definition) is 3. The quantitative estimate of drug-likeness (QED) is 0.734. The molecule has 9 heteroatoms. The largest absolute Gasteiger partial charge is 0.507 e. The van der Waals surface area contributed by atoms with Gasteiger partial charge in [-0.15, -0.1) is 5.11 Å². The van der Waals surface area contributed by atoms with E-state index in [1.165, 1.54) is 20.0 Å². The lowest BCUT2D eigenvalue weighted by molar-refractivity contribution is 0.0693. The second-order valence-electron chi connectivity index (χ2n) is 4.85. The molecule has 2 rings (SSSR count). The van der Waals surface area contributed by atoms with Gasteiger partial charge in [-0.3, -0.25) is 9.36 Å². The number of aromatic nitrogens is 1. The van der Waals surface area contributed by atoms with Crippen molar-refractivity contribution in [2.75, 3.05) is 0 Å². The molecular formula is C15H12N4O5. The van der Waals surface area contributed by atoms with Crippen molar-refractivity contribution >= 4 is 17.3 Å². The Balaban J connectivity index is 2.57. The highest BCUT2D eigenvalue weighted by molar-refractivity contribution is 5.91. The lowest BCUT2D eigenvalue weighted by Crippen LogP contribution is -2.18. The maximum Gasteiger partial charge on any atom is 0.339 e. The van der Waals surface area contributed by atoms with Crippen LogP contribution in [0.4, 0.5) is 11.4 Å². The Labute approximate surface area is 135 Å². The molecule has 0 unspecified atom stereocenters. The summed E-state index contributed by atoms with van der Waals surface area (Å²) in [5.41, 5.74) is -1.04. The fourth-order valence-corrected chi connectivity index (χ4v) is 1.99. The van der Waals surface area contributed by atoms with Crippen molar-refractivity contribution in [3.8, 4) is 17.7 Å². The van der Waals surface area contributed by atoms with Gasteiger partial charge in [0, 0.05) is 12.6 Å². The zero-order chi connectivity index (χ0) is 18.0. The number of aromatic hydroxyl groups is 2. The van der Waals surface area contributed by atoms with E-state index in [2.05, 4.69) is 10.2 Å². The first-order valence-corrected chi connectivity index (χ1v) is 6.58. The van der Waals surface area contributed by atoms with Gasteiger partial charge in [0.2, 0.25) is 5.88 Å². The van der Waals surface area contributed by atoms with Gasteiger partial charge in [0.25, 0.3) is 5.56 Å². The van der Waals surface area contributed by atoms with Gasteiger partial charge >= 0.3 is 5.97 Å². The predicted octanol–water partition coefficient (Wildman–Crippen LogP) is 2.09. The van der Waals surface area contributed by atoms with Crippen LogP contribution in [0, 0.1) is 18.3 Å². The van der Waals surface area contributed by atoms with Gasteiger partial charge in [0.05, 0.1) is 5.69 Å². The summed E-state index contributed by atoms with van der Waals surface area (Å²) in [4.78, 5) is 23.1. The molecule has 0 radical (unpaired) electrons. The molecule has 0 aliphatic carbocycles. The summed E-state index contributed by atoms with van der Waals surface area (Å²) < 4.78 is 0.861. The number of phenols is 1. The number of nitriles is 1. The summed E-state index contributed by atoms with van der Waals surface area (Å²) in [5.74, 6) is -2.24. The lowest BCUT2D eigenvalue weighted by Gasteiger charge is -2.08. The first-order valence-electron chi connectivity index (χ1n) is 6.58. The molecule has 0 atom stereocenters. The molecule has 0 aliphatic rings. The minimum Gasteiger partial charge on any atom is -0.507 e. The van der Waals surface area contributed by atoms with Crippen molar-refractivity contribution in [2.45, 2.75) is 6.92 Å². The highest BCUT2D eigenvalue weighted by Crippen LogP contribution is 2.28. The number of carboxylic acid groups (broad SMARTS) is 1. The summed E-state index contributed by atoms with van der Waals surface area (Å²) in [6.45, 7) is 1.44. The van der Waals surface area contributed by atoms with Gasteiger partial charge in [-0.1, -0.05) is 0 Å². The number of rotatable bonds is 3. The number of benzene rings is 1. The molecule has 0 saturated heterocycles. The van der Waals surface area contributed by atoms with Gasteiger partial charge in [-0.2, -0.15) is 10.4 Å². The van der Waals surface area contributed by atoms with E-state index >= 15 is 0 Å². The maximum atomic E-state index is 12.1. The maximum absolute atomic E-state index is 12.1. The van der Waals surface area contributed by atoms with Crippen LogP contribution in [0.2, 0.25) is 0 Å². The monoisotopic (exact) mass is 328 g/mol. The van der Waals surface area contributed by atoms with Crippen LogP contribution in [-0.2, 0) is 7.05 Å². The Bertz CT molecular complexity index is 969. The summed E-state index contributed by atoms with van der Waals surface area (Å²) in [6.07, 6.45) is 0. The zero-order valence-corrected chi connectivity index (χ0v) is 12.7. The SMILES string of the molecule is Cc1c(C#N)c(O)n(C)c(=O)c1N=Nc1ccc(O)c(C(=O)O)c1. The van der Waals surface area contributed by atoms with Crippen molar-refractivity contribution in [2.24, 2.45) is 17.3 Å². The van der Waals surface area contributed by atoms with Gasteiger partial charge in [0.1, 0.15) is 22.9 Å². The number of nitrogens with zero attached hydrogens (tertiary/aromatic N) is 4. The van der Waals surface area contributed by atoms with Crippen LogP contribution in [0.3, 0.4) is 0 Å². The summed E-state index contributed by atoms with van der Waals surface area (Å²) in [7, 11) is 1.28. The smallest absolute Gasteiger partial charge is 0.339 e. The summed E-state index contributed by atoms with van der Waals surface area (Å²) >= 11 is 0. The minimum atomic E-state index is -1.34. The van der Waals surface area contributed by atoms with Crippen molar-refractivity contribution in [3.63, 3.8) is 0 Å². The molecule has 0 aliphatic heterocycles. The van der Waals surface area contributed by atoms with Gasteiger partial charge in [-0.25, -0.2) is 4.79 Å². The molecule has 0 spiro atoms. The van der Waals surface area contributed by atoms with E-state index in [0.717, 1.165) is 16.7 Å². The molecule has 0 fully saturated rings. The second kappa shape index (κ2) is 6.21. The Morgan fingerprint density at radius 2 is 1.96 bits per heavy atom. The van der Waals surface area contributed by atoms with Crippen LogP contribution in [-0.4, -0.2) is 25.9 Å². The molecule has 2 aromatic rings. The molecule has 1 aromatic carbocycles. The fraction of sp³-hybridized carbons (Fsp3) is 0.133. The first-order chi connectivity index (χ1) is 11.3. The lowest BCUT2D eigenvalue weighted by atomic mass is 10.1. The average molecular weight is 328 g/mol. The molecule has 0 bridgehead atoms. The molecule has 9 nitrogen and oxygen atoms in total.